The number of unbranched alkanes of at least 4 members (excludes halogenated alkanes) is 2. The molecular weight excluding hydrogens is 568 g/mol. The summed E-state index contributed by atoms with van der Waals surface area (Å²) in [6.07, 6.45) is 5.25. The molecule has 3 atom stereocenters. The highest BCUT2D eigenvalue weighted by molar-refractivity contribution is 5.98. The molecule has 3 unspecified atom stereocenters. The molecule has 5 rings (SSSR count). The monoisotopic (exact) mass is 619 g/mol. The van der Waals surface area contributed by atoms with Crippen molar-refractivity contribution in [1.82, 2.24) is 14.7 Å². The van der Waals surface area contributed by atoms with Crippen molar-refractivity contribution in [2.75, 3.05) is 67.0 Å². The number of fused-ring (bicyclic) bond motifs is 2. The number of rotatable bonds is 15. The molecule has 2 amide bonds. The minimum absolute atomic E-state index is 0.00658. The van der Waals surface area contributed by atoms with Gasteiger partial charge in [-0.2, -0.15) is 0 Å². The lowest BCUT2D eigenvalue weighted by Crippen LogP contribution is -2.46. The van der Waals surface area contributed by atoms with Gasteiger partial charge in [0.1, 0.15) is 5.75 Å². The van der Waals surface area contributed by atoms with E-state index in [0.29, 0.717) is 39.2 Å². The maximum atomic E-state index is 13.9. The number of benzene rings is 2. The highest BCUT2D eigenvalue weighted by Crippen LogP contribution is 2.41. The molecule has 45 heavy (non-hydrogen) atoms. The molecule has 0 aromatic heterocycles. The molecule has 3 aliphatic rings. The van der Waals surface area contributed by atoms with Gasteiger partial charge in [-0.25, -0.2) is 0 Å². The summed E-state index contributed by atoms with van der Waals surface area (Å²) in [6.45, 7) is 6.92. The number of amides is 2. The number of likely N-dealkylation sites (tertiary alicyclic amines) is 1. The first kappa shape index (κ1) is 32.9. The summed E-state index contributed by atoms with van der Waals surface area (Å²) in [5.74, 6) is -0.867. The van der Waals surface area contributed by atoms with Gasteiger partial charge in [-0.05, 0) is 54.5 Å². The molecule has 0 spiro atoms. The zero-order chi connectivity index (χ0) is 32.1. The Morgan fingerprint density at radius 1 is 1.04 bits per heavy atom. The number of carboxylic acid groups (broad SMARTS) is 1. The van der Waals surface area contributed by atoms with Gasteiger partial charge in [0, 0.05) is 56.7 Å². The van der Waals surface area contributed by atoms with Crippen LogP contribution in [0.3, 0.4) is 0 Å². The SMILES string of the molecule is CCCCN(CCCC[N+](C)(C)C)C(=O)CN1CC(c2ccc3c(c2)CCO3)C(C(=O)O)C1CCN1Cc2ccccc2C1=O. The van der Waals surface area contributed by atoms with Crippen molar-refractivity contribution >= 4 is 17.8 Å². The maximum absolute atomic E-state index is 13.9. The molecule has 1 saturated heterocycles. The average Bonchev–Trinajstić information content (AvgIpc) is 3.70. The Balaban J connectivity index is 1.35. The zero-order valence-corrected chi connectivity index (χ0v) is 27.5. The normalized spacial score (nSPS) is 21.1. The lowest BCUT2D eigenvalue weighted by atomic mass is 9.83. The van der Waals surface area contributed by atoms with Crippen molar-refractivity contribution in [3.05, 3.63) is 64.7 Å². The van der Waals surface area contributed by atoms with Gasteiger partial charge in [0.05, 0.1) is 46.8 Å². The van der Waals surface area contributed by atoms with E-state index in [9.17, 15) is 19.5 Å². The van der Waals surface area contributed by atoms with Crippen molar-refractivity contribution in [3.8, 4) is 5.75 Å². The molecule has 9 nitrogen and oxygen atoms in total. The molecule has 3 aliphatic heterocycles. The third kappa shape index (κ3) is 7.87. The summed E-state index contributed by atoms with van der Waals surface area (Å²) in [6, 6.07) is 13.3. The molecule has 1 N–H and O–H groups in total. The third-order valence-electron chi connectivity index (χ3n) is 9.75. The third-order valence-corrected chi connectivity index (χ3v) is 9.75. The lowest BCUT2D eigenvalue weighted by molar-refractivity contribution is -0.870. The largest absolute Gasteiger partial charge is 0.493 e. The summed E-state index contributed by atoms with van der Waals surface area (Å²) >= 11 is 0. The van der Waals surface area contributed by atoms with Gasteiger partial charge in [-0.15, -0.1) is 0 Å². The van der Waals surface area contributed by atoms with Crippen molar-refractivity contribution in [2.45, 2.75) is 64.0 Å². The van der Waals surface area contributed by atoms with Crippen LogP contribution in [0.1, 0.15) is 72.0 Å². The van der Waals surface area contributed by atoms with Crippen LogP contribution < -0.4 is 4.74 Å². The number of ether oxygens (including phenoxy) is 1. The lowest BCUT2D eigenvalue weighted by Gasteiger charge is -2.31. The van der Waals surface area contributed by atoms with Crippen LogP contribution in [0.15, 0.2) is 42.5 Å². The number of aliphatic carboxylic acids is 1. The predicted octanol–water partition coefficient (Wildman–Crippen LogP) is 4.25. The molecular formula is C36H51N4O5+. The molecule has 9 heteroatoms. The Hall–Kier alpha value is -3.43. The standard InChI is InChI=1S/C36H50N4O5/c1-5-6-17-37(18-9-10-20-40(2,3)4)33(41)25-39-24-30(26-13-14-32-27(22-26)16-21-45-32)34(36(43)44)31(39)15-19-38-23-28-11-7-8-12-29(28)35(38)42/h7-8,11-14,22,30-31,34H,5-6,9-10,15-21,23-25H2,1-4H3/p+1. The van der Waals surface area contributed by atoms with E-state index in [4.69, 9.17) is 4.74 Å². The van der Waals surface area contributed by atoms with Gasteiger partial charge in [-0.1, -0.05) is 43.7 Å². The molecule has 3 heterocycles. The average molecular weight is 620 g/mol. The molecule has 1 fully saturated rings. The van der Waals surface area contributed by atoms with E-state index < -0.39 is 11.9 Å². The summed E-state index contributed by atoms with van der Waals surface area (Å²) in [4.78, 5) is 46.0. The van der Waals surface area contributed by atoms with E-state index in [1.807, 2.05) is 46.2 Å². The van der Waals surface area contributed by atoms with Crippen molar-refractivity contribution in [2.24, 2.45) is 5.92 Å². The summed E-state index contributed by atoms with van der Waals surface area (Å²) < 4.78 is 6.62. The Labute approximate surface area is 268 Å². The number of hydrogen-bond acceptors (Lipinski definition) is 5. The second-order valence-electron chi connectivity index (χ2n) is 14.1. The number of carboxylic acids is 1. The van der Waals surface area contributed by atoms with Crippen LogP contribution in [0.2, 0.25) is 0 Å². The van der Waals surface area contributed by atoms with Gasteiger partial charge in [0.2, 0.25) is 5.91 Å². The van der Waals surface area contributed by atoms with Crippen LogP contribution in [0.5, 0.6) is 5.75 Å². The van der Waals surface area contributed by atoms with E-state index in [1.165, 1.54) is 0 Å². The Bertz CT molecular complexity index is 1370. The fourth-order valence-corrected chi connectivity index (χ4v) is 7.28. The van der Waals surface area contributed by atoms with E-state index in [-0.39, 0.29) is 30.3 Å². The second kappa shape index (κ2) is 14.3. The first-order chi connectivity index (χ1) is 21.6. The quantitative estimate of drug-likeness (QED) is 0.237. The molecule has 0 aliphatic carbocycles. The van der Waals surface area contributed by atoms with Gasteiger partial charge >= 0.3 is 5.97 Å². The van der Waals surface area contributed by atoms with Crippen LogP contribution in [-0.4, -0.2) is 115 Å². The van der Waals surface area contributed by atoms with E-state index in [2.05, 4.69) is 39.0 Å². The van der Waals surface area contributed by atoms with Gasteiger partial charge < -0.3 is 24.1 Å². The summed E-state index contributed by atoms with van der Waals surface area (Å²) in [7, 11) is 6.56. The number of hydrogen-bond donors (Lipinski definition) is 1. The van der Waals surface area contributed by atoms with Gasteiger partial charge in [0.15, 0.2) is 0 Å². The first-order valence-electron chi connectivity index (χ1n) is 16.7. The molecule has 0 radical (unpaired) electrons. The van der Waals surface area contributed by atoms with Gasteiger partial charge in [0.25, 0.3) is 5.91 Å². The molecule has 0 bridgehead atoms. The van der Waals surface area contributed by atoms with Crippen molar-refractivity contribution in [3.63, 3.8) is 0 Å². The topological polar surface area (TPSA) is 90.4 Å². The smallest absolute Gasteiger partial charge is 0.308 e. The zero-order valence-electron chi connectivity index (χ0n) is 27.5. The Kier molecular flexibility index (Phi) is 10.5. The molecule has 2 aromatic rings. The van der Waals surface area contributed by atoms with E-state index in [0.717, 1.165) is 77.7 Å². The fourth-order valence-electron chi connectivity index (χ4n) is 7.28. The summed E-state index contributed by atoms with van der Waals surface area (Å²) in [5, 5.41) is 10.7. The van der Waals surface area contributed by atoms with Gasteiger partial charge in [-0.3, -0.25) is 19.3 Å². The minimum atomic E-state index is -0.851. The van der Waals surface area contributed by atoms with Crippen LogP contribution in [-0.2, 0) is 22.6 Å². The number of carbonyl (C=O) groups is 3. The first-order valence-corrected chi connectivity index (χ1v) is 16.7. The minimum Gasteiger partial charge on any atom is -0.493 e. The summed E-state index contributed by atoms with van der Waals surface area (Å²) in [5.41, 5.74) is 3.83. The van der Waals surface area contributed by atoms with Crippen molar-refractivity contribution < 1.29 is 28.7 Å². The second-order valence-corrected chi connectivity index (χ2v) is 14.1. The maximum Gasteiger partial charge on any atom is 0.308 e. The Morgan fingerprint density at radius 3 is 2.56 bits per heavy atom. The fraction of sp³-hybridized carbons (Fsp3) is 0.583. The van der Waals surface area contributed by atoms with Crippen LogP contribution in [0.25, 0.3) is 0 Å². The molecule has 0 saturated carbocycles. The van der Waals surface area contributed by atoms with Crippen LogP contribution >= 0.6 is 0 Å². The predicted molar refractivity (Wildman–Crippen MR) is 174 cm³/mol. The highest BCUT2D eigenvalue weighted by Gasteiger charge is 2.47. The van der Waals surface area contributed by atoms with Crippen LogP contribution in [0, 0.1) is 5.92 Å². The molecule has 2 aromatic carbocycles. The number of nitrogens with zero attached hydrogens (tertiary/aromatic N) is 4. The Morgan fingerprint density at radius 2 is 1.82 bits per heavy atom. The van der Waals surface area contributed by atoms with E-state index >= 15 is 0 Å². The number of carbonyl (C=O) groups excluding carboxylic acids is 2. The van der Waals surface area contributed by atoms with Crippen molar-refractivity contribution in [1.29, 1.82) is 0 Å². The van der Waals surface area contributed by atoms with Crippen LogP contribution in [0.4, 0.5) is 0 Å². The van der Waals surface area contributed by atoms with E-state index in [1.54, 1.807) is 0 Å². The number of quaternary nitrogens is 1. The highest BCUT2D eigenvalue weighted by atomic mass is 16.5. The molecule has 244 valence electrons.